The molecule has 0 saturated carbocycles. The number of nitrogens with zero attached hydrogens (tertiary/aromatic N) is 3. The molecule has 2 aliphatic heterocycles. The highest BCUT2D eigenvalue weighted by molar-refractivity contribution is 7.89. The largest absolute Gasteiger partial charge is 0.339 e. The summed E-state index contributed by atoms with van der Waals surface area (Å²) in [6.07, 6.45) is 2.00. The second-order valence-electron chi connectivity index (χ2n) is 7.07. The minimum Gasteiger partial charge on any atom is -0.339 e. The molecule has 0 radical (unpaired) electrons. The molecule has 2 heterocycles. The van der Waals surface area contributed by atoms with Gasteiger partial charge in [0.25, 0.3) is 0 Å². The van der Waals surface area contributed by atoms with E-state index < -0.39 is 26.1 Å². The summed E-state index contributed by atoms with van der Waals surface area (Å²) in [6.45, 7) is 2.99. The molecular formula is C18H27N3O5S2. The van der Waals surface area contributed by atoms with Crippen LogP contribution in [-0.2, 0) is 24.8 Å². The van der Waals surface area contributed by atoms with Crippen molar-refractivity contribution >= 4 is 26.0 Å². The fraction of sp³-hybridized carbons (Fsp3) is 0.611. The Labute approximate surface area is 167 Å². The molecule has 3 rings (SSSR count). The summed E-state index contributed by atoms with van der Waals surface area (Å²) in [5.74, 6) is -0.195. The van der Waals surface area contributed by atoms with E-state index in [1.165, 1.54) is 8.61 Å². The average Bonchev–Trinajstić information content (AvgIpc) is 2.74. The van der Waals surface area contributed by atoms with Crippen LogP contribution in [0.4, 0.5) is 0 Å². The minimum atomic E-state index is -3.75. The Balaban J connectivity index is 1.75. The fourth-order valence-corrected chi connectivity index (χ4v) is 6.50. The first-order chi connectivity index (χ1) is 13.3. The van der Waals surface area contributed by atoms with Gasteiger partial charge in [0.05, 0.1) is 10.6 Å². The number of rotatable bonds is 5. The number of hydrogen-bond acceptors (Lipinski definition) is 5. The SMILES string of the molecule is CCS(=O)(=O)N1CCN(C(=O)C2CCCCN2S(=O)(=O)c2ccccc2)CC1. The average molecular weight is 430 g/mol. The van der Waals surface area contributed by atoms with Crippen LogP contribution in [0.5, 0.6) is 0 Å². The Bertz CT molecular complexity index is 894. The van der Waals surface area contributed by atoms with Gasteiger partial charge in [-0.15, -0.1) is 0 Å². The molecule has 1 aromatic rings. The Hall–Kier alpha value is -1.49. The summed E-state index contributed by atoms with van der Waals surface area (Å²) >= 11 is 0. The van der Waals surface area contributed by atoms with E-state index >= 15 is 0 Å². The Morgan fingerprint density at radius 1 is 0.964 bits per heavy atom. The Kier molecular flexibility index (Phi) is 6.43. The van der Waals surface area contributed by atoms with Crippen LogP contribution in [-0.4, -0.2) is 80.8 Å². The van der Waals surface area contributed by atoms with Crippen molar-refractivity contribution in [1.82, 2.24) is 13.5 Å². The zero-order valence-electron chi connectivity index (χ0n) is 16.0. The summed E-state index contributed by atoms with van der Waals surface area (Å²) in [5.41, 5.74) is 0. The van der Waals surface area contributed by atoms with Crippen molar-refractivity contribution in [2.75, 3.05) is 38.5 Å². The lowest BCUT2D eigenvalue weighted by Gasteiger charge is -2.39. The molecule has 0 N–H and O–H groups in total. The van der Waals surface area contributed by atoms with E-state index in [9.17, 15) is 21.6 Å². The van der Waals surface area contributed by atoms with Crippen LogP contribution in [0, 0.1) is 0 Å². The molecule has 28 heavy (non-hydrogen) atoms. The van der Waals surface area contributed by atoms with Crippen molar-refractivity contribution in [2.45, 2.75) is 37.1 Å². The van der Waals surface area contributed by atoms with Gasteiger partial charge < -0.3 is 4.90 Å². The maximum atomic E-state index is 13.1. The monoisotopic (exact) mass is 429 g/mol. The van der Waals surface area contributed by atoms with Crippen LogP contribution < -0.4 is 0 Å². The molecule has 1 aromatic carbocycles. The molecule has 156 valence electrons. The second-order valence-corrected chi connectivity index (χ2v) is 11.2. The lowest BCUT2D eigenvalue weighted by atomic mass is 10.0. The van der Waals surface area contributed by atoms with Crippen LogP contribution in [0.2, 0.25) is 0 Å². The highest BCUT2D eigenvalue weighted by Crippen LogP contribution is 2.27. The van der Waals surface area contributed by atoms with Gasteiger partial charge in [-0.25, -0.2) is 16.8 Å². The molecule has 2 aliphatic rings. The van der Waals surface area contributed by atoms with Crippen molar-refractivity contribution in [3.63, 3.8) is 0 Å². The number of piperazine rings is 1. The van der Waals surface area contributed by atoms with Gasteiger partial charge >= 0.3 is 0 Å². The Morgan fingerprint density at radius 2 is 1.61 bits per heavy atom. The van der Waals surface area contributed by atoms with Gasteiger partial charge in [0.2, 0.25) is 26.0 Å². The normalized spacial score (nSPS) is 22.9. The van der Waals surface area contributed by atoms with E-state index in [0.29, 0.717) is 13.0 Å². The third-order valence-electron chi connectivity index (χ3n) is 5.40. The summed E-state index contributed by atoms with van der Waals surface area (Å²) in [5, 5.41) is 0. The summed E-state index contributed by atoms with van der Waals surface area (Å²) < 4.78 is 52.9. The van der Waals surface area contributed by atoms with Gasteiger partial charge in [0.1, 0.15) is 6.04 Å². The molecule has 1 atom stereocenters. The standard InChI is InChI=1S/C18H27N3O5S2/c1-2-27(23,24)20-14-12-19(13-15-20)18(22)17-10-6-7-11-21(17)28(25,26)16-8-4-3-5-9-16/h3-5,8-9,17H,2,6-7,10-15H2,1H3. The molecular weight excluding hydrogens is 402 g/mol. The zero-order chi connectivity index (χ0) is 20.4. The third kappa shape index (κ3) is 4.24. The third-order valence-corrected chi connectivity index (χ3v) is 9.20. The van der Waals surface area contributed by atoms with Crippen molar-refractivity contribution in [1.29, 1.82) is 0 Å². The summed E-state index contributed by atoms with van der Waals surface area (Å²) in [7, 11) is -7.03. The molecule has 0 spiro atoms. The van der Waals surface area contributed by atoms with Gasteiger partial charge in [-0.1, -0.05) is 24.6 Å². The lowest BCUT2D eigenvalue weighted by molar-refractivity contribution is -0.137. The first-order valence-electron chi connectivity index (χ1n) is 9.61. The smallest absolute Gasteiger partial charge is 0.243 e. The van der Waals surface area contributed by atoms with Gasteiger partial charge in [-0.2, -0.15) is 8.61 Å². The van der Waals surface area contributed by atoms with Gasteiger partial charge in [0.15, 0.2) is 0 Å². The van der Waals surface area contributed by atoms with E-state index in [2.05, 4.69) is 0 Å². The van der Waals surface area contributed by atoms with Crippen LogP contribution in [0.15, 0.2) is 35.2 Å². The van der Waals surface area contributed by atoms with E-state index in [1.54, 1.807) is 42.2 Å². The minimum absolute atomic E-state index is 0.0344. The molecule has 2 fully saturated rings. The number of benzene rings is 1. The number of amides is 1. The number of piperidine rings is 1. The molecule has 2 saturated heterocycles. The van der Waals surface area contributed by atoms with Crippen molar-refractivity contribution < 1.29 is 21.6 Å². The lowest BCUT2D eigenvalue weighted by Crippen LogP contribution is -2.57. The van der Waals surface area contributed by atoms with E-state index in [0.717, 1.165) is 12.8 Å². The predicted octanol–water partition coefficient (Wildman–Crippen LogP) is 0.724. The Morgan fingerprint density at radius 3 is 2.21 bits per heavy atom. The molecule has 1 unspecified atom stereocenters. The van der Waals surface area contributed by atoms with Crippen LogP contribution in [0.3, 0.4) is 0 Å². The van der Waals surface area contributed by atoms with Crippen LogP contribution >= 0.6 is 0 Å². The molecule has 1 amide bonds. The van der Waals surface area contributed by atoms with E-state index in [-0.39, 0.29) is 42.7 Å². The second kappa shape index (κ2) is 8.48. The zero-order valence-corrected chi connectivity index (χ0v) is 17.7. The van der Waals surface area contributed by atoms with E-state index in [4.69, 9.17) is 0 Å². The number of carbonyl (C=O) groups excluding carboxylic acids is 1. The van der Waals surface area contributed by atoms with Gasteiger partial charge in [-0.3, -0.25) is 4.79 Å². The highest BCUT2D eigenvalue weighted by Gasteiger charge is 2.40. The summed E-state index contributed by atoms with van der Waals surface area (Å²) in [4.78, 5) is 14.9. The van der Waals surface area contributed by atoms with Crippen molar-refractivity contribution in [3.05, 3.63) is 30.3 Å². The molecule has 0 bridgehead atoms. The van der Waals surface area contributed by atoms with Crippen molar-refractivity contribution in [3.8, 4) is 0 Å². The summed E-state index contributed by atoms with van der Waals surface area (Å²) in [6, 6.07) is 7.44. The topological polar surface area (TPSA) is 95.1 Å². The molecule has 10 heteroatoms. The molecule has 8 nitrogen and oxygen atoms in total. The molecule has 0 aromatic heterocycles. The predicted molar refractivity (Wildman–Crippen MR) is 106 cm³/mol. The van der Waals surface area contributed by atoms with E-state index in [1.807, 2.05) is 0 Å². The quantitative estimate of drug-likeness (QED) is 0.687. The number of hydrogen-bond donors (Lipinski definition) is 0. The number of sulfonamides is 2. The van der Waals surface area contributed by atoms with Crippen molar-refractivity contribution in [2.24, 2.45) is 0 Å². The fourth-order valence-electron chi connectivity index (χ4n) is 3.75. The number of carbonyl (C=O) groups is 1. The maximum absolute atomic E-state index is 13.1. The first-order valence-corrected chi connectivity index (χ1v) is 12.7. The maximum Gasteiger partial charge on any atom is 0.243 e. The van der Waals surface area contributed by atoms with Crippen LogP contribution in [0.25, 0.3) is 0 Å². The van der Waals surface area contributed by atoms with Gasteiger partial charge in [-0.05, 0) is 31.9 Å². The highest BCUT2D eigenvalue weighted by atomic mass is 32.2. The molecule has 0 aliphatic carbocycles. The first kappa shape index (κ1) is 21.2. The van der Waals surface area contributed by atoms with Gasteiger partial charge in [0, 0.05) is 32.7 Å². The van der Waals surface area contributed by atoms with Crippen LogP contribution in [0.1, 0.15) is 26.2 Å².